The van der Waals surface area contributed by atoms with E-state index in [2.05, 4.69) is 45.0 Å². The third kappa shape index (κ3) is 2.47. The van der Waals surface area contributed by atoms with Crippen LogP contribution in [0.4, 0.5) is 11.5 Å². The summed E-state index contributed by atoms with van der Waals surface area (Å²) in [6.45, 7) is 4.91. The van der Waals surface area contributed by atoms with Crippen LogP contribution in [0.25, 0.3) is 4.96 Å². The van der Waals surface area contributed by atoms with E-state index >= 15 is 0 Å². The summed E-state index contributed by atoms with van der Waals surface area (Å²) in [5.41, 5.74) is 4.54. The second kappa shape index (κ2) is 5.37. The molecule has 0 saturated heterocycles. The molecule has 0 fully saturated rings. The molecule has 0 atom stereocenters. The van der Waals surface area contributed by atoms with Gasteiger partial charge in [0.1, 0.15) is 0 Å². The highest BCUT2D eigenvalue weighted by Gasteiger charge is 2.13. The standard InChI is InChI=1S/C15H19N5S/c1-10-9-21-15-18-11(2)13(20(10)15)8-17-12-6-5-7-16-14(12)19(3)4/h5-7,9,17H,8H2,1-4H3. The summed E-state index contributed by atoms with van der Waals surface area (Å²) in [6.07, 6.45) is 1.81. The smallest absolute Gasteiger partial charge is 0.194 e. The Bertz CT molecular complexity index is 772. The number of anilines is 2. The second-order valence-corrected chi connectivity index (χ2v) is 6.10. The number of hydrogen-bond acceptors (Lipinski definition) is 5. The first-order valence-corrected chi connectivity index (χ1v) is 7.74. The van der Waals surface area contributed by atoms with Crippen molar-refractivity contribution in [3.05, 3.63) is 40.8 Å². The van der Waals surface area contributed by atoms with E-state index in [9.17, 15) is 0 Å². The highest BCUT2D eigenvalue weighted by Crippen LogP contribution is 2.24. The number of imidazole rings is 1. The lowest BCUT2D eigenvalue weighted by Crippen LogP contribution is -2.14. The maximum Gasteiger partial charge on any atom is 0.194 e. The third-order valence-electron chi connectivity index (χ3n) is 3.49. The van der Waals surface area contributed by atoms with Crippen LogP contribution in [0.1, 0.15) is 17.1 Å². The Kier molecular flexibility index (Phi) is 3.55. The molecule has 110 valence electrons. The zero-order chi connectivity index (χ0) is 15.0. The number of aryl methyl sites for hydroxylation is 2. The molecule has 3 aromatic rings. The van der Waals surface area contributed by atoms with Gasteiger partial charge in [0, 0.05) is 31.4 Å². The third-order valence-corrected chi connectivity index (χ3v) is 4.43. The molecule has 0 saturated carbocycles. The van der Waals surface area contributed by atoms with Crippen molar-refractivity contribution in [3.8, 4) is 0 Å². The number of nitrogens with one attached hydrogen (secondary N) is 1. The Morgan fingerprint density at radius 1 is 1.33 bits per heavy atom. The summed E-state index contributed by atoms with van der Waals surface area (Å²) >= 11 is 1.68. The van der Waals surface area contributed by atoms with E-state index in [1.165, 1.54) is 11.4 Å². The Morgan fingerprint density at radius 2 is 2.14 bits per heavy atom. The average Bonchev–Trinajstić information content (AvgIpc) is 2.96. The summed E-state index contributed by atoms with van der Waals surface area (Å²) in [5, 5.41) is 5.63. The molecule has 0 aliphatic heterocycles. The van der Waals surface area contributed by atoms with Gasteiger partial charge in [0.05, 0.1) is 23.6 Å². The van der Waals surface area contributed by atoms with Gasteiger partial charge in [0.15, 0.2) is 10.8 Å². The van der Waals surface area contributed by atoms with Crippen LogP contribution in [0.3, 0.4) is 0 Å². The van der Waals surface area contributed by atoms with Crippen LogP contribution in [0.2, 0.25) is 0 Å². The number of nitrogens with zero attached hydrogens (tertiary/aromatic N) is 4. The summed E-state index contributed by atoms with van der Waals surface area (Å²) in [7, 11) is 4.00. The molecular weight excluding hydrogens is 282 g/mol. The molecule has 0 aromatic carbocycles. The van der Waals surface area contributed by atoms with Crippen LogP contribution in [-0.2, 0) is 6.54 Å². The molecule has 6 heteroatoms. The molecule has 0 aliphatic carbocycles. The fourth-order valence-electron chi connectivity index (χ4n) is 2.45. The molecule has 21 heavy (non-hydrogen) atoms. The van der Waals surface area contributed by atoms with Gasteiger partial charge >= 0.3 is 0 Å². The van der Waals surface area contributed by atoms with E-state index in [0.29, 0.717) is 0 Å². The van der Waals surface area contributed by atoms with Crippen molar-refractivity contribution in [3.63, 3.8) is 0 Å². The van der Waals surface area contributed by atoms with Crippen molar-refractivity contribution >= 4 is 27.8 Å². The summed E-state index contributed by atoms with van der Waals surface area (Å²) in [5.74, 6) is 0.943. The second-order valence-electron chi connectivity index (χ2n) is 5.26. The zero-order valence-corrected chi connectivity index (χ0v) is 13.5. The van der Waals surface area contributed by atoms with Gasteiger partial charge in [-0.05, 0) is 26.0 Å². The van der Waals surface area contributed by atoms with Gasteiger partial charge in [-0.3, -0.25) is 4.40 Å². The van der Waals surface area contributed by atoms with Crippen LogP contribution in [0.15, 0.2) is 23.7 Å². The summed E-state index contributed by atoms with van der Waals surface area (Å²) in [6, 6.07) is 4.00. The van der Waals surface area contributed by atoms with Crippen molar-refractivity contribution in [2.75, 3.05) is 24.3 Å². The molecule has 3 rings (SSSR count). The van der Waals surface area contributed by atoms with Crippen molar-refractivity contribution < 1.29 is 0 Å². The molecule has 0 spiro atoms. The van der Waals surface area contributed by atoms with Crippen LogP contribution in [-0.4, -0.2) is 28.5 Å². The molecular formula is C15H19N5S. The first-order valence-electron chi connectivity index (χ1n) is 6.86. The van der Waals surface area contributed by atoms with Crippen molar-refractivity contribution in [1.82, 2.24) is 14.4 Å². The summed E-state index contributed by atoms with van der Waals surface area (Å²) < 4.78 is 2.22. The lowest BCUT2D eigenvalue weighted by molar-refractivity contribution is 0.960. The minimum Gasteiger partial charge on any atom is -0.376 e. The Balaban J connectivity index is 1.90. The molecule has 0 radical (unpaired) electrons. The van der Waals surface area contributed by atoms with Crippen molar-refractivity contribution in [2.45, 2.75) is 20.4 Å². The number of pyridine rings is 1. The monoisotopic (exact) mass is 301 g/mol. The molecule has 0 unspecified atom stereocenters. The maximum absolute atomic E-state index is 4.62. The van der Waals surface area contributed by atoms with E-state index in [4.69, 9.17) is 0 Å². The zero-order valence-electron chi connectivity index (χ0n) is 12.7. The first kappa shape index (κ1) is 13.9. The van der Waals surface area contributed by atoms with E-state index in [1.807, 2.05) is 31.3 Å². The van der Waals surface area contributed by atoms with E-state index < -0.39 is 0 Å². The van der Waals surface area contributed by atoms with Gasteiger partial charge in [-0.15, -0.1) is 11.3 Å². The number of rotatable bonds is 4. The van der Waals surface area contributed by atoms with Gasteiger partial charge in [0.2, 0.25) is 0 Å². The predicted molar refractivity (Wildman–Crippen MR) is 88.4 cm³/mol. The molecule has 0 aliphatic rings. The highest BCUT2D eigenvalue weighted by molar-refractivity contribution is 7.15. The fourth-order valence-corrected chi connectivity index (χ4v) is 3.38. The van der Waals surface area contributed by atoms with E-state index in [-0.39, 0.29) is 0 Å². The molecule has 0 amide bonds. The lowest BCUT2D eigenvalue weighted by atomic mass is 10.3. The average molecular weight is 301 g/mol. The largest absolute Gasteiger partial charge is 0.376 e. The minimum absolute atomic E-state index is 0.733. The van der Waals surface area contributed by atoms with Gasteiger partial charge in [-0.1, -0.05) is 0 Å². The van der Waals surface area contributed by atoms with Crippen molar-refractivity contribution in [2.24, 2.45) is 0 Å². The van der Waals surface area contributed by atoms with Crippen LogP contribution in [0.5, 0.6) is 0 Å². The quantitative estimate of drug-likeness (QED) is 0.804. The SMILES string of the molecule is Cc1nc2scc(C)n2c1CNc1cccnc1N(C)C. The molecule has 1 N–H and O–H groups in total. The van der Waals surface area contributed by atoms with Crippen LogP contribution in [0, 0.1) is 13.8 Å². The Hall–Kier alpha value is -2.08. The number of aromatic nitrogens is 3. The molecule has 3 aromatic heterocycles. The van der Waals surface area contributed by atoms with E-state index in [1.54, 1.807) is 11.3 Å². The van der Waals surface area contributed by atoms with E-state index in [0.717, 1.165) is 28.7 Å². The first-order chi connectivity index (χ1) is 10.1. The number of thiazole rings is 1. The van der Waals surface area contributed by atoms with Crippen LogP contribution >= 0.6 is 11.3 Å². The topological polar surface area (TPSA) is 45.5 Å². The molecule has 3 heterocycles. The van der Waals surface area contributed by atoms with Crippen molar-refractivity contribution in [1.29, 1.82) is 0 Å². The maximum atomic E-state index is 4.62. The minimum atomic E-state index is 0.733. The van der Waals surface area contributed by atoms with Gasteiger partial charge in [-0.2, -0.15) is 0 Å². The molecule has 5 nitrogen and oxygen atoms in total. The molecule has 0 bridgehead atoms. The normalized spacial score (nSPS) is 11.0. The highest BCUT2D eigenvalue weighted by atomic mass is 32.1. The van der Waals surface area contributed by atoms with Gasteiger partial charge in [-0.25, -0.2) is 9.97 Å². The predicted octanol–water partition coefficient (Wildman–Crippen LogP) is 3.09. The number of hydrogen-bond donors (Lipinski definition) is 1. The fraction of sp³-hybridized carbons (Fsp3) is 0.333. The van der Waals surface area contributed by atoms with Gasteiger partial charge < -0.3 is 10.2 Å². The Labute approximate surface area is 128 Å². The van der Waals surface area contributed by atoms with Gasteiger partial charge in [0.25, 0.3) is 0 Å². The summed E-state index contributed by atoms with van der Waals surface area (Å²) in [4.78, 5) is 12.1. The van der Waals surface area contributed by atoms with Crippen LogP contribution < -0.4 is 10.2 Å². The Morgan fingerprint density at radius 3 is 2.90 bits per heavy atom. The number of fused-ring (bicyclic) bond motifs is 1. The lowest BCUT2D eigenvalue weighted by Gasteiger charge is -2.17.